The fraction of sp³-hybridized carbons (Fsp3) is 0.562. The normalized spacial score (nSPS) is 17.3. The SMILES string of the molecule is CCC(C)NC(=O)C1CCN(C(=O)c2cccnc2)CC1. The van der Waals surface area contributed by atoms with Crippen molar-refractivity contribution in [3.8, 4) is 0 Å². The molecule has 21 heavy (non-hydrogen) atoms. The number of likely N-dealkylation sites (tertiary alicyclic amines) is 1. The van der Waals surface area contributed by atoms with E-state index in [1.54, 1.807) is 24.5 Å². The van der Waals surface area contributed by atoms with Gasteiger partial charge in [0.2, 0.25) is 5.91 Å². The number of carbonyl (C=O) groups excluding carboxylic acids is 2. The number of piperidine rings is 1. The van der Waals surface area contributed by atoms with Crippen LogP contribution < -0.4 is 5.32 Å². The molecule has 0 radical (unpaired) electrons. The lowest BCUT2D eigenvalue weighted by atomic mass is 9.95. The molecule has 114 valence electrons. The third-order valence-corrected chi connectivity index (χ3v) is 4.06. The molecule has 1 aromatic heterocycles. The highest BCUT2D eigenvalue weighted by atomic mass is 16.2. The average molecular weight is 289 g/mol. The van der Waals surface area contributed by atoms with E-state index in [2.05, 4.69) is 17.2 Å². The van der Waals surface area contributed by atoms with Crippen LogP contribution in [0.5, 0.6) is 0 Å². The third-order valence-electron chi connectivity index (χ3n) is 4.06. The summed E-state index contributed by atoms with van der Waals surface area (Å²) >= 11 is 0. The van der Waals surface area contributed by atoms with Crippen molar-refractivity contribution in [2.24, 2.45) is 5.92 Å². The molecule has 0 aliphatic carbocycles. The molecule has 1 fully saturated rings. The number of nitrogens with one attached hydrogen (secondary N) is 1. The van der Waals surface area contributed by atoms with Crippen LogP contribution in [-0.2, 0) is 4.79 Å². The lowest BCUT2D eigenvalue weighted by Crippen LogP contribution is -2.44. The number of carbonyl (C=O) groups is 2. The van der Waals surface area contributed by atoms with Gasteiger partial charge in [0.05, 0.1) is 5.56 Å². The molecule has 5 heteroatoms. The molecule has 2 rings (SSSR count). The smallest absolute Gasteiger partial charge is 0.255 e. The first-order valence-electron chi connectivity index (χ1n) is 7.61. The van der Waals surface area contributed by atoms with Crippen molar-refractivity contribution in [1.29, 1.82) is 0 Å². The van der Waals surface area contributed by atoms with Gasteiger partial charge in [-0.2, -0.15) is 0 Å². The lowest BCUT2D eigenvalue weighted by Gasteiger charge is -2.31. The van der Waals surface area contributed by atoms with Gasteiger partial charge >= 0.3 is 0 Å². The maximum Gasteiger partial charge on any atom is 0.255 e. The number of pyridine rings is 1. The second kappa shape index (κ2) is 7.20. The molecule has 0 saturated carbocycles. The van der Waals surface area contributed by atoms with Crippen LogP contribution in [0.1, 0.15) is 43.5 Å². The Morgan fingerprint density at radius 1 is 1.43 bits per heavy atom. The largest absolute Gasteiger partial charge is 0.353 e. The number of nitrogens with zero attached hydrogens (tertiary/aromatic N) is 2. The summed E-state index contributed by atoms with van der Waals surface area (Å²) in [4.78, 5) is 30.2. The molecule has 1 aliphatic heterocycles. The zero-order valence-electron chi connectivity index (χ0n) is 12.7. The lowest BCUT2D eigenvalue weighted by molar-refractivity contribution is -0.126. The summed E-state index contributed by atoms with van der Waals surface area (Å²) in [6, 6.07) is 3.75. The summed E-state index contributed by atoms with van der Waals surface area (Å²) in [5.41, 5.74) is 0.611. The molecule has 1 unspecified atom stereocenters. The molecular weight excluding hydrogens is 266 g/mol. The molecule has 1 aromatic rings. The fourth-order valence-electron chi connectivity index (χ4n) is 2.48. The van der Waals surface area contributed by atoms with E-state index in [1.807, 2.05) is 11.8 Å². The minimum absolute atomic E-state index is 0.00360. The Morgan fingerprint density at radius 3 is 2.71 bits per heavy atom. The van der Waals surface area contributed by atoms with E-state index in [4.69, 9.17) is 0 Å². The van der Waals surface area contributed by atoms with E-state index in [1.165, 1.54) is 0 Å². The molecule has 1 N–H and O–H groups in total. The molecule has 0 aromatic carbocycles. The van der Waals surface area contributed by atoms with Gasteiger partial charge in [0.25, 0.3) is 5.91 Å². The molecule has 1 aliphatic rings. The Labute approximate surface area is 125 Å². The molecule has 1 atom stereocenters. The third kappa shape index (κ3) is 4.03. The number of aromatic nitrogens is 1. The van der Waals surface area contributed by atoms with Gasteiger partial charge in [0.15, 0.2) is 0 Å². The topological polar surface area (TPSA) is 62.3 Å². The van der Waals surface area contributed by atoms with Gasteiger partial charge in [-0.05, 0) is 38.3 Å². The molecule has 1 saturated heterocycles. The quantitative estimate of drug-likeness (QED) is 0.920. The highest BCUT2D eigenvalue weighted by Gasteiger charge is 2.28. The predicted molar refractivity (Wildman–Crippen MR) is 80.8 cm³/mol. The van der Waals surface area contributed by atoms with Crippen molar-refractivity contribution in [3.05, 3.63) is 30.1 Å². The number of hydrogen-bond acceptors (Lipinski definition) is 3. The van der Waals surface area contributed by atoms with Gasteiger partial charge in [-0.1, -0.05) is 6.92 Å². The van der Waals surface area contributed by atoms with Gasteiger partial charge in [-0.15, -0.1) is 0 Å². The van der Waals surface area contributed by atoms with Crippen LogP contribution in [0.15, 0.2) is 24.5 Å². The molecular formula is C16H23N3O2. The van der Waals surface area contributed by atoms with Gasteiger partial charge in [-0.25, -0.2) is 0 Å². The average Bonchev–Trinajstić information content (AvgIpc) is 2.55. The standard InChI is InChI=1S/C16H23N3O2/c1-3-12(2)18-15(20)13-6-9-19(10-7-13)16(21)14-5-4-8-17-11-14/h4-5,8,11-13H,3,6-7,9-10H2,1-2H3,(H,18,20). The molecule has 0 spiro atoms. The van der Waals surface area contributed by atoms with Crippen LogP contribution in [0.25, 0.3) is 0 Å². The second-order valence-corrected chi connectivity index (χ2v) is 5.63. The second-order valence-electron chi connectivity index (χ2n) is 5.63. The van der Waals surface area contributed by atoms with Gasteiger partial charge in [0, 0.05) is 37.4 Å². The first-order chi connectivity index (χ1) is 10.1. The fourth-order valence-corrected chi connectivity index (χ4v) is 2.48. The Morgan fingerprint density at radius 2 is 2.14 bits per heavy atom. The summed E-state index contributed by atoms with van der Waals surface area (Å²) in [5, 5.41) is 3.02. The summed E-state index contributed by atoms with van der Waals surface area (Å²) in [7, 11) is 0. The Balaban J connectivity index is 1.86. The first-order valence-corrected chi connectivity index (χ1v) is 7.61. The van der Waals surface area contributed by atoms with Gasteiger partial charge in [0.1, 0.15) is 0 Å². The highest BCUT2D eigenvalue weighted by molar-refractivity contribution is 5.94. The van der Waals surface area contributed by atoms with Crippen LogP contribution in [0, 0.1) is 5.92 Å². The van der Waals surface area contributed by atoms with Crippen molar-refractivity contribution in [2.45, 2.75) is 39.2 Å². The van der Waals surface area contributed by atoms with E-state index in [0.29, 0.717) is 18.7 Å². The number of hydrogen-bond donors (Lipinski definition) is 1. The summed E-state index contributed by atoms with van der Waals surface area (Å²) in [5.74, 6) is 0.152. The summed E-state index contributed by atoms with van der Waals surface area (Å²) in [6.45, 7) is 5.33. The Kier molecular flexibility index (Phi) is 5.31. The minimum Gasteiger partial charge on any atom is -0.353 e. The van der Waals surface area contributed by atoms with E-state index < -0.39 is 0 Å². The Bertz CT molecular complexity index is 482. The number of rotatable bonds is 4. The van der Waals surface area contributed by atoms with Crippen molar-refractivity contribution in [3.63, 3.8) is 0 Å². The summed E-state index contributed by atoms with van der Waals surface area (Å²) in [6.07, 6.45) is 5.64. The molecule has 5 nitrogen and oxygen atoms in total. The van der Waals surface area contributed by atoms with Crippen molar-refractivity contribution >= 4 is 11.8 Å². The maximum atomic E-state index is 12.3. The van der Waals surface area contributed by atoms with E-state index in [0.717, 1.165) is 19.3 Å². The highest BCUT2D eigenvalue weighted by Crippen LogP contribution is 2.19. The molecule has 2 heterocycles. The van der Waals surface area contributed by atoms with Crippen molar-refractivity contribution < 1.29 is 9.59 Å². The predicted octanol–water partition coefficient (Wildman–Crippen LogP) is 1.85. The minimum atomic E-state index is 0.00360. The first kappa shape index (κ1) is 15.5. The van der Waals surface area contributed by atoms with Crippen LogP contribution in [-0.4, -0.2) is 40.8 Å². The maximum absolute atomic E-state index is 12.3. The van der Waals surface area contributed by atoms with Crippen LogP contribution in [0.2, 0.25) is 0 Å². The zero-order chi connectivity index (χ0) is 15.2. The van der Waals surface area contributed by atoms with Gasteiger partial charge < -0.3 is 10.2 Å². The van der Waals surface area contributed by atoms with Crippen molar-refractivity contribution in [2.75, 3.05) is 13.1 Å². The van der Waals surface area contributed by atoms with Crippen molar-refractivity contribution in [1.82, 2.24) is 15.2 Å². The van der Waals surface area contributed by atoms with Gasteiger partial charge in [-0.3, -0.25) is 14.6 Å². The van der Waals surface area contributed by atoms with E-state index in [9.17, 15) is 9.59 Å². The molecule has 2 amide bonds. The Hall–Kier alpha value is -1.91. The van der Waals surface area contributed by atoms with E-state index >= 15 is 0 Å². The zero-order valence-corrected chi connectivity index (χ0v) is 12.7. The van der Waals surface area contributed by atoms with Crippen LogP contribution in [0.4, 0.5) is 0 Å². The van der Waals surface area contributed by atoms with Crippen LogP contribution in [0.3, 0.4) is 0 Å². The monoisotopic (exact) mass is 289 g/mol. The summed E-state index contributed by atoms with van der Waals surface area (Å²) < 4.78 is 0. The number of amides is 2. The van der Waals surface area contributed by atoms with Crippen LogP contribution >= 0.6 is 0 Å². The van der Waals surface area contributed by atoms with E-state index in [-0.39, 0.29) is 23.8 Å². The molecule has 0 bridgehead atoms.